The molecule has 1 aliphatic heterocycles. The van der Waals surface area contributed by atoms with Crippen LogP contribution in [0.1, 0.15) is 37.8 Å². The highest BCUT2D eigenvalue weighted by Crippen LogP contribution is 2.31. The van der Waals surface area contributed by atoms with Crippen LogP contribution in [0.3, 0.4) is 0 Å². The Labute approximate surface area is 188 Å². The number of pyridine rings is 1. The van der Waals surface area contributed by atoms with Gasteiger partial charge in [-0.15, -0.1) is 0 Å². The molecule has 3 heterocycles. The average Bonchev–Trinajstić information content (AvgIpc) is 3.24. The number of ether oxygens (including phenoxy) is 1. The number of rotatable bonds is 7. The lowest BCUT2D eigenvalue weighted by Crippen LogP contribution is -2.36. The molecule has 0 spiro atoms. The molecule has 1 aliphatic rings. The normalized spacial score (nSPS) is 14.7. The second kappa shape index (κ2) is 9.67. The highest BCUT2D eigenvalue weighted by atomic mass is 19.1. The average molecular weight is 441 g/mol. The van der Waals surface area contributed by atoms with Crippen molar-refractivity contribution in [1.82, 2.24) is 14.8 Å². The van der Waals surface area contributed by atoms with Crippen molar-refractivity contribution in [2.75, 3.05) is 24.6 Å². The maximum Gasteiger partial charge on any atom is 0.190 e. The summed E-state index contributed by atoms with van der Waals surface area (Å²) in [5.41, 5.74) is 3.64. The van der Waals surface area contributed by atoms with Crippen molar-refractivity contribution in [1.29, 1.82) is 0 Å². The van der Waals surface area contributed by atoms with Gasteiger partial charge in [0.2, 0.25) is 0 Å². The van der Waals surface area contributed by atoms with Gasteiger partial charge in [-0.25, -0.2) is 13.8 Å². The molecule has 0 amide bonds. The van der Waals surface area contributed by atoms with E-state index in [9.17, 15) is 8.78 Å². The Bertz CT molecular complexity index is 1050. The van der Waals surface area contributed by atoms with Crippen molar-refractivity contribution >= 4 is 5.82 Å². The standard InChI is InChI=1S/C25H30F2N4O/c1-4-17-10-19(5-2)25(28-13-17)31-8-6-18(7-9-31)16-32-24-22(26)11-20(12-23(24)27)21-14-29-30(3)15-21/h10-15,18H,4-9,16H2,1-3H3. The molecule has 32 heavy (non-hydrogen) atoms. The molecule has 1 aromatic carbocycles. The van der Waals surface area contributed by atoms with E-state index in [0.717, 1.165) is 44.6 Å². The Morgan fingerprint density at radius 2 is 1.72 bits per heavy atom. The molecule has 0 radical (unpaired) electrons. The molecule has 170 valence electrons. The van der Waals surface area contributed by atoms with Crippen LogP contribution < -0.4 is 9.64 Å². The van der Waals surface area contributed by atoms with Crippen molar-refractivity contribution < 1.29 is 13.5 Å². The molecular weight excluding hydrogens is 410 g/mol. The van der Waals surface area contributed by atoms with Crippen LogP contribution in [0.4, 0.5) is 14.6 Å². The van der Waals surface area contributed by atoms with E-state index in [1.54, 1.807) is 24.1 Å². The van der Waals surface area contributed by atoms with E-state index in [4.69, 9.17) is 9.72 Å². The number of anilines is 1. The van der Waals surface area contributed by atoms with Crippen LogP contribution in [-0.2, 0) is 19.9 Å². The van der Waals surface area contributed by atoms with Gasteiger partial charge in [0.1, 0.15) is 5.82 Å². The summed E-state index contributed by atoms with van der Waals surface area (Å²) in [6.45, 7) is 6.33. The minimum absolute atomic E-state index is 0.253. The van der Waals surface area contributed by atoms with Crippen LogP contribution in [0.15, 0.2) is 36.8 Å². The summed E-state index contributed by atoms with van der Waals surface area (Å²) >= 11 is 0. The molecule has 2 aromatic heterocycles. The number of nitrogens with zero attached hydrogens (tertiary/aromatic N) is 4. The third-order valence-electron chi connectivity index (χ3n) is 6.20. The minimum atomic E-state index is -0.686. The summed E-state index contributed by atoms with van der Waals surface area (Å²) in [6, 6.07) is 4.85. The lowest BCUT2D eigenvalue weighted by atomic mass is 9.97. The first-order chi connectivity index (χ1) is 15.5. The van der Waals surface area contributed by atoms with E-state index in [0.29, 0.717) is 17.7 Å². The first-order valence-corrected chi connectivity index (χ1v) is 11.3. The second-order valence-electron chi connectivity index (χ2n) is 8.45. The fourth-order valence-electron chi connectivity index (χ4n) is 4.24. The van der Waals surface area contributed by atoms with Gasteiger partial charge in [0.15, 0.2) is 17.4 Å². The quantitative estimate of drug-likeness (QED) is 0.508. The van der Waals surface area contributed by atoms with Gasteiger partial charge in [-0.1, -0.05) is 19.9 Å². The smallest absolute Gasteiger partial charge is 0.190 e. The summed E-state index contributed by atoms with van der Waals surface area (Å²) in [5, 5.41) is 4.05. The molecule has 0 aliphatic carbocycles. The van der Waals surface area contributed by atoms with Crippen LogP contribution in [-0.4, -0.2) is 34.5 Å². The van der Waals surface area contributed by atoms with Gasteiger partial charge >= 0.3 is 0 Å². The highest BCUT2D eigenvalue weighted by molar-refractivity contribution is 5.63. The van der Waals surface area contributed by atoms with Gasteiger partial charge in [0.05, 0.1) is 12.8 Å². The molecule has 5 nitrogen and oxygen atoms in total. The summed E-state index contributed by atoms with van der Waals surface area (Å²) < 4.78 is 36.4. The molecule has 3 aromatic rings. The third kappa shape index (κ3) is 4.76. The molecule has 0 unspecified atom stereocenters. The molecule has 0 N–H and O–H groups in total. The van der Waals surface area contributed by atoms with Gasteiger partial charge in [-0.05, 0) is 60.4 Å². The largest absolute Gasteiger partial charge is 0.487 e. The van der Waals surface area contributed by atoms with E-state index in [1.807, 2.05) is 6.20 Å². The molecule has 0 saturated carbocycles. The second-order valence-corrected chi connectivity index (χ2v) is 8.45. The van der Waals surface area contributed by atoms with Crippen LogP contribution >= 0.6 is 0 Å². The van der Waals surface area contributed by atoms with Crippen molar-refractivity contribution in [3.8, 4) is 16.9 Å². The Morgan fingerprint density at radius 1 is 1.00 bits per heavy atom. The lowest BCUT2D eigenvalue weighted by Gasteiger charge is -2.34. The van der Waals surface area contributed by atoms with Crippen molar-refractivity contribution in [3.63, 3.8) is 0 Å². The number of aryl methyl sites for hydroxylation is 3. The summed E-state index contributed by atoms with van der Waals surface area (Å²) in [7, 11) is 1.76. The Balaban J connectivity index is 1.36. The predicted molar refractivity (Wildman–Crippen MR) is 122 cm³/mol. The maximum atomic E-state index is 14.6. The van der Waals surface area contributed by atoms with Gasteiger partial charge in [-0.2, -0.15) is 5.10 Å². The van der Waals surface area contributed by atoms with Crippen molar-refractivity contribution in [3.05, 3.63) is 59.6 Å². The number of aromatic nitrogens is 3. The molecule has 4 rings (SSSR count). The van der Waals surface area contributed by atoms with Crippen LogP contribution in [0.5, 0.6) is 5.75 Å². The van der Waals surface area contributed by atoms with Crippen molar-refractivity contribution in [2.45, 2.75) is 39.5 Å². The minimum Gasteiger partial charge on any atom is -0.487 e. The number of benzene rings is 1. The molecule has 0 atom stereocenters. The van der Waals surface area contributed by atoms with Crippen molar-refractivity contribution in [2.24, 2.45) is 13.0 Å². The lowest BCUT2D eigenvalue weighted by molar-refractivity contribution is 0.207. The van der Waals surface area contributed by atoms with Gasteiger partial charge < -0.3 is 9.64 Å². The van der Waals surface area contributed by atoms with Gasteiger partial charge in [0, 0.05) is 38.1 Å². The Hall–Kier alpha value is -2.96. The van der Waals surface area contributed by atoms with E-state index in [-0.39, 0.29) is 11.7 Å². The molecule has 1 fully saturated rings. The zero-order valence-corrected chi connectivity index (χ0v) is 18.9. The number of hydrogen-bond acceptors (Lipinski definition) is 4. The van der Waals surface area contributed by atoms with Gasteiger partial charge in [-0.3, -0.25) is 4.68 Å². The zero-order valence-electron chi connectivity index (χ0n) is 18.9. The van der Waals surface area contributed by atoms with Crippen LogP contribution in [0, 0.1) is 17.6 Å². The first kappa shape index (κ1) is 22.2. The van der Waals surface area contributed by atoms with E-state index in [1.165, 1.54) is 23.3 Å². The Morgan fingerprint density at radius 3 is 2.31 bits per heavy atom. The fraction of sp³-hybridized carbons (Fsp3) is 0.440. The van der Waals surface area contributed by atoms with E-state index in [2.05, 4.69) is 29.9 Å². The van der Waals surface area contributed by atoms with E-state index < -0.39 is 11.6 Å². The summed E-state index contributed by atoms with van der Waals surface area (Å²) in [6.07, 6.45) is 9.00. The predicted octanol–water partition coefficient (Wildman–Crippen LogP) is 5.18. The van der Waals surface area contributed by atoms with Gasteiger partial charge in [0.25, 0.3) is 0 Å². The number of piperidine rings is 1. The van der Waals surface area contributed by atoms with E-state index >= 15 is 0 Å². The van der Waals surface area contributed by atoms with Crippen LogP contribution in [0.25, 0.3) is 11.1 Å². The summed E-state index contributed by atoms with van der Waals surface area (Å²) in [5.74, 6) is -0.358. The molecular formula is C25H30F2N4O. The van der Waals surface area contributed by atoms with Crippen LogP contribution in [0.2, 0.25) is 0 Å². The maximum absolute atomic E-state index is 14.6. The molecule has 1 saturated heterocycles. The SMILES string of the molecule is CCc1cnc(N2CCC(COc3c(F)cc(-c4cnn(C)c4)cc3F)CC2)c(CC)c1. The fourth-order valence-corrected chi connectivity index (χ4v) is 4.24. The third-order valence-corrected chi connectivity index (χ3v) is 6.20. The first-order valence-electron chi connectivity index (χ1n) is 11.3. The topological polar surface area (TPSA) is 43.2 Å². The summed E-state index contributed by atoms with van der Waals surface area (Å²) in [4.78, 5) is 7.03. The highest BCUT2D eigenvalue weighted by Gasteiger charge is 2.23. The number of halogens is 2. The molecule has 0 bridgehead atoms. The number of hydrogen-bond donors (Lipinski definition) is 0. The zero-order chi connectivity index (χ0) is 22.7. The Kier molecular flexibility index (Phi) is 6.72. The molecule has 7 heteroatoms. The monoisotopic (exact) mass is 440 g/mol.